The summed E-state index contributed by atoms with van der Waals surface area (Å²) in [6.07, 6.45) is 2.66. The molecular weight excluding hydrogens is 196 g/mol. The van der Waals surface area contributed by atoms with Gasteiger partial charge in [0.25, 0.3) is 0 Å². The third-order valence-corrected chi connectivity index (χ3v) is 3.84. The monoisotopic (exact) mass is 216 g/mol. The van der Waals surface area contributed by atoms with Crippen molar-refractivity contribution in [1.29, 1.82) is 0 Å². The number of nitrogens with one attached hydrogen (secondary N) is 2. The smallest absolute Gasteiger partial charge is 0.0143 e. The second-order valence-electron chi connectivity index (χ2n) is 5.13. The van der Waals surface area contributed by atoms with Crippen molar-refractivity contribution in [3.63, 3.8) is 0 Å². The van der Waals surface area contributed by atoms with Crippen LogP contribution in [0.25, 0.3) is 0 Å². The van der Waals surface area contributed by atoms with Crippen LogP contribution >= 0.6 is 0 Å². The van der Waals surface area contributed by atoms with Crippen molar-refractivity contribution >= 4 is 0 Å². The number of rotatable bonds is 5. The third-order valence-electron chi connectivity index (χ3n) is 3.84. The zero-order valence-corrected chi connectivity index (χ0v) is 9.65. The van der Waals surface area contributed by atoms with E-state index in [1.807, 2.05) is 0 Å². The molecule has 1 aromatic carbocycles. The van der Waals surface area contributed by atoms with E-state index in [-0.39, 0.29) is 0 Å². The van der Waals surface area contributed by atoms with Gasteiger partial charge in [-0.25, -0.2) is 0 Å². The highest BCUT2D eigenvalue weighted by atomic mass is 15.0. The Bertz CT molecular complexity index is 332. The second-order valence-corrected chi connectivity index (χ2v) is 5.13. The summed E-state index contributed by atoms with van der Waals surface area (Å²) in [6.45, 7) is 3.66. The van der Waals surface area contributed by atoms with Gasteiger partial charge in [0.15, 0.2) is 0 Å². The lowest BCUT2D eigenvalue weighted by atomic mass is 10.00. The van der Waals surface area contributed by atoms with E-state index in [1.54, 1.807) is 0 Å². The molecule has 0 radical (unpaired) electrons. The minimum atomic E-state index is 0.746. The van der Waals surface area contributed by atoms with Crippen molar-refractivity contribution in [3.8, 4) is 0 Å². The number of hydrogen-bond donors (Lipinski definition) is 2. The summed E-state index contributed by atoms with van der Waals surface area (Å²) in [6, 6.07) is 11.6. The van der Waals surface area contributed by atoms with Gasteiger partial charge in [0.1, 0.15) is 0 Å². The molecule has 2 nitrogen and oxygen atoms in total. The average molecular weight is 216 g/mol. The zero-order valence-electron chi connectivity index (χ0n) is 9.65. The van der Waals surface area contributed by atoms with E-state index in [1.165, 1.54) is 38.0 Å². The van der Waals surface area contributed by atoms with Gasteiger partial charge in [-0.1, -0.05) is 30.3 Å². The van der Waals surface area contributed by atoms with Crippen molar-refractivity contribution in [2.24, 2.45) is 5.92 Å². The lowest BCUT2D eigenvalue weighted by Gasteiger charge is -2.27. The summed E-state index contributed by atoms with van der Waals surface area (Å²) in [7, 11) is 0. The molecule has 2 unspecified atom stereocenters. The Labute approximate surface area is 97.4 Å². The zero-order chi connectivity index (χ0) is 10.8. The Hall–Kier alpha value is -0.860. The first kappa shape index (κ1) is 10.3. The fraction of sp³-hybridized carbons (Fsp3) is 0.571. The fourth-order valence-electron chi connectivity index (χ4n) is 2.51. The molecule has 1 aromatic rings. The highest BCUT2D eigenvalue weighted by molar-refractivity contribution is 5.27. The van der Waals surface area contributed by atoms with Crippen LogP contribution in [0, 0.1) is 5.92 Å². The molecule has 0 aromatic heterocycles. The highest BCUT2D eigenvalue weighted by Gasteiger charge is 2.37. The van der Waals surface area contributed by atoms with E-state index in [0.29, 0.717) is 0 Å². The molecule has 2 fully saturated rings. The first-order valence-electron chi connectivity index (χ1n) is 6.42. The summed E-state index contributed by atoms with van der Waals surface area (Å²) in [5.74, 6) is 1.71. The average Bonchev–Trinajstić information content (AvgIpc) is 3.03. The Kier molecular flexibility index (Phi) is 2.94. The molecule has 2 N–H and O–H groups in total. The molecule has 1 heterocycles. The van der Waals surface area contributed by atoms with Gasteiger partial charge in [-0.15, -0.1) is 0 Å². The van der Waals surface area contributed by atoms with Crippen molar-refractivity contribution < 1.29 is 0 Å². The van der Waals surface area contributed by atoms with E-state index in [0.717, 1.165) is 17.9 Å². The van der Waals surface area contributed by atoms with Gasteiger partial charge in [0, 0.05) is 12.0 Å². The number of hydrogen-bond acceptors (Lipinski definition) is 2. The van der Waals surface area contributed by atoms with Crippen molar-refractivity contribution in [2.75, 3.05) is 19.6 Å². The lowest BCUT2D eigenvalue weighted by molar-refractivity contribution is 0.322. The fourth-order valence-corrected chi connectivity index (χ4v) is 2.51. The second kappa shape index (κ2) is 4.56. The van der Waals surface area contributed by atoms with Crippen molar-refractivity contribution in [2.45, 2.75) is 24.8 Å². The maximum Gasteiger partial charge on any atom is 0.0143 e. The van der Waals surface area contributed by atoms with Crippen LogP contribution in [0.2, 0.25) is 0 Å². The quantitative estimate of drug-likeness (QED) is 0.783. The standard InChI is InChI=1S/C14H20N2/c1-2-4-12(5-3-1)13-8-14(13)16-7-6-11-9-15-10-11/h1-5,11,13-16H,6-10H2. The Morgan fingerprint density at radius 3 is 2.69 bits per heavy atom. The molecule has 0 bridgehead atoms. The third kappa shape index (κ3) is 2.28. The van der Waals surface area contributed by atoms with Crippen molar-refractivity contribution in [1.82, 2.24) is 10.6 Å². The molecule has 3 rings (SSSR count). The van der Waals surface area contributed by atoms with E-state index in [2.05, 4.69) is 41.0 Å². The van der Waals surface area contributed by atoms with Gasteiger partial charge in [-0.3, -0.25) is 0 Å². The first-order chi connectivity index (χ1) is 7.93. The molecule has 2 aliphatic rings. The Balaban J connectivity index is 1.39. The largest absolute Gasteiger partial charge is 0.316 e. The molecule has 1 saturated heterocycles. The minimum absolute atomic E-state index is 0.746. The normalized spacial score (nSPS) is 28.8. The molecular formula is C14H20N2. The van der Waals surface area contributed by atoms with Gasteiger partial charge in [0.05, 0.1) is 0 Å². The van der Waals surface area contributed by atoms with E-state index < -0.39 is 0 Å². The minimum Gasteiger partial charge on any atom is -0.316 e. The number of benzene rings is 1. The summed E-state index contributed by atoms with van der Waals surface area (Å²) >= 11 is 0. The molecule has 2 heteroatoms. The van der Waals surface area contributed by atoms with E-state index >= 15 is 0 Å². The molecule has 86 valence electrons. The molecule has 2 atom stereocenters. The molecule has 16 heavy (non-hydrogen) atoms. The summed E-state index contributed by atoms with van der Waals surface area (Å²) in [5.41, 5.74) is 1.50. The Morgan fingerprint density at radius 2 is 2.00 bits per heavy atom. The SMILES string of the molecule is c1ccc(C2CC2NCCC2CNC2)cc1. The highest BCUT2D eigenvalue weighted by Crippen LogP contribution is 2.40. The molecule has 1 saturated carbocycles. The summed E-state index contributed by atoms with van der Waals surface area (Å²) in [5, 5.41) is 7.00. The predicted octanol–water partition coefficient (Wildman–Crippen LogP) is 1.74. The van der Waals surface area contributed by atoms with Gasteiger partial charge in [-0.2, -0.15) is 0 Å². The van der Waals surface area contributed by atoms with Crippen LogP contribution in [0.1, 0.15) is 24.3 Å². The van der Waals surface area contributed by atoms with Crippen LogP contribution < -0.4 is 10.6 Å². The van der Waals surface area contributed by atoms with E-state index in [4.69, 9.17) is 0 Å². The van der Waals surface area contributed by atoms with Crippen LogP contribution in [0.3, 0.4) is 0 Å². The Morgan fingerprint density at radius 1 is 1.19 bits per heavy atom. The van der Waals surface area contributed by atoms with Gasteiger partial charge in [-0.05, 0) is 44.0 Å². The van der Waals surface area contributed by atoms with Gasteiger partial charge < -0.3 is 10.6 Å². The van der Waals surface area contributed by atoms with Gasteiger partial charge in [0.2, 0.25) is 0 Å². The molecule has 1 aliphatic carbocycles. The molecule has 1 aliphatic heterocycles. The van der Waals surface area contributed by atoms with Gasteiger partial charge >= 0.3 is 0 Å². The van der Waals surface area contributed by atoms with Crippen LogP contribution in [0.15, 0.2) is 30.3 Å². The molecule has 0 spiro atoms. The van der Waals surface area contributed by atoms with Crippen LogP contribution in [0.4, 0.5) is 0 Å². The van der Waals surface area contributed by atoms with Crippen LogP contribution in [0.5, 0.6) is 0 Å². The summed E-state index contributed by atoms with van der Waals surface area (Å²) < 4.78 is 0. The first-order valence-corrected chi connectivity index (χ1v) is 6.42. The maximum atomic E-state index is 3.68. The predicted molar refractivity (Wildman–Crippen MR) is 66.6 cm³/mol. The lowest BCUT2D eigenvalue weighted by Crippen LogP contribution is -2.43. The summed E-state index contributed by atoms with van der Waals surface area (Å²) in [4.78, 5) is 0. The topological polar surface area (TPSA) is 24.1 Å². The maximum absolute atomic E-state index is 3.68. The van der Waals surface area contributed by atoms with Crippen LogP contribution in [-0.2, 0) is 0 Å². The van der Waals surface area contributed by atoms with E-state index in [9.17, 15) is 0 Å². The van der Waals surface area contributed by atoms with Crippen LogP contribution in [-0.4, -0.2) is 25.7 Å². The van der Waals surface area contributed by atoms with Crippen molar-refractivity contribution in [3.05, 3.63) is 35.9 Å². The molecule has 0 amide bonds.